The Balaban J connectivity index is 1.85. The third-order valence-electron chi connectivity index (χ3n) is 4.45. The van der Waals surface area contributed by atoms with Crippen LogP contribution in [0.2, 0.25) is 5.02 Å². The fraction of sp³-hybridized carbons (Fsp3) is 0.250. The normalized spacial score (nSPS) is 10.8. The molecule has 134 valence electrons. The van der Waals surface area contributed by atoms with Crippen molar-refractivity contribution in [1.82, 2.24) is 14.8 Å². The zero-order valence-corrected chi connectivity index (χ0v) is 16.1. The third-order valence-corrected chi connectivity index (χ3v) is 4.85. The molecule has 0 atom stereocenters. The van der Waals surface area contributed by atoms with Crippen molar-refractivity contribution in [3.8, 4) is 5.69 Å². The van der Waals surface area contributed by atoms with Crippen molar-refractivity contribution in [2.75, 3.05) is 5.32 Å². The van der Waals surface area contributed by atoms with E-state index in [1.807, 2.05) is 62.7 Å². The molecule has 0 aliphatic heterocycles. The van der Waals surface area contributed by atoms with Gasteiger partial charge in [-0.3, -0.25) is 4.79 Å². The topological polar surface area (TPSA) is 59.8 Å². The van der Waals surface area contributed by atoms with Gasteiger partial charge in [0, 0.05) is 22.5 Å². The van der Waals surface area contributed by atoms with E-state index in [0.29, 0.717) is 10.8 Å². The van der Waals surface area contributed by atoms with Crippen LogP contribution in [0, 0.1) is 27.7 Å². The second-order valence-corrected chi connectivity index (χ2v) is 6.80. The standard InChI is InChI=1S/C20H21ClN4O/c1-12-7-8-16(10-18(12)21)25-15(4)17(14(3)24-25)11-19(26)23-20-13(2)6-5-9-22-20/h5-10H,11H2,1-4H3,(H,22,23,26). The van der Waals surface area contributed by atoms with Crippen molar-refractivity contribution in [2.24, 2.45) is 0 Å². The van der Waals surface area contributed by atoms with Crippen LogP contribution in [0.5, 0.6) is 0 Å². The Hall–Kier alpha value is -2.66. The summed E-state index contributed by atoms with van der Waals surface area (Å²) in [6.45, 7) is 7.75. The molecular formula is C20H21ClN4O. The predicted molar refractivity (Wildman–Crippen MR) is 104 cm³/mol. The van der Waals surface area contributed by atoms with Gasteiger partial charge >= 0.3 is 0 Å². The summed E-state index contributed by atoms with van der Waals surface area (Å²) in [6.07, 6.45) is 1.91. The Morgan fingerprint density at radius 2 is 1.92 bits per heavy atom. The van der Waals surface area contributed by atoms with Crippen molar-refractivity contribution >= 4 is 23.3 Å². The summed E-state index contributed by atoms with van der Waals surface area (Å²) in [5.41, 5.74) is 5.49. The van der Waals surface area contributed by atoms with Gasteiger partial charge in [-0.15, -0.1) is 0 Å². The molecule has 0 saturated heterocycles. The number of nitrogens with one attached hydrogen (secondary N) is 1. The molecule has 0 aliphatic carbocycles. The lowest BCUT2D eigenvalue weighted by Crippen LogP contribution is -2.17. The minimum absolute atomic E-state index is 0.112. The van der Waals surface area contributed by atoms with Crippen molar-refractivity contribution in [3.63, 3.8) is 0 Å². The molecular weight excluding hydrogens is 348 g/mol. The minimum atomic E-state index is -0.112. The largest absolute Gasteiger partial charge is 0.310 e. The third kappa shape index (κ3) is 3.63. The molecule has 1 N–H and O–H groups in total. The van der Waals surface area contributed by atoms with E-state index in [1.165, 1.54) is 0 Å². The molecule has 0 bridgehead atoms. The maximum absolute atomic E-state index is 12.5. The van der Waals surface area contributed by atoms with Gasteiger partial charge in [-0.05, 0) is 57.0 Å². The Morgan fingerprint density at radius 1 is 1.15 bits per heavy atom. The average molecular weight is 369 g/mol. The molecule has 5 nitrogen and oxygen atoms in total. The number of hydrogen-bond acceptors (Lipinski definition) is 3. The molecule has 0 radical (unpaired) electrons. The zero-order valence-electron chi connectivity index (χ0n) is 15.3. The fourth-order valence-corrected chi connectivity index (χ4v) is 3.02. The Morgan fingerprint density at radius 3 is 2.62 bits per heavy atom. The highest BCUT2D eigenvalue weighted by molar-refractivity contribution is 6.31. The molecule has 2 aromatic heterocycles. The van der Waals surface area contributed by atoms with Gasteiger partial charge in [-0.25, -0.2) is 9.67 Å². The number of rotatable bonds is 4. The van der Waals surface area contributed by atoms with Gasteiger partial charge in [0.1, 0.15) is 5.82 Å². The molecule has 0 unspecified atom stereocenters. The van der Waals surface area contributed by atoms with Crippen LogP contribution >= 0.6 is 11.6 Å². The van der Waals surface area contributed by atoms with Gasteiger partial charge in [0.2, 0.25) is 5.91 Å². The van der Waals surface area contributed by atoms with Crippen LogP contribution in [-0.4, -0.2) is 20.7 Å². The van der Waals surface area contributed by atoms with Crippen LogP contribution in [-0.2, 0) is 11.2 Å². The van der Waals surface area contributed by atoms with Crippen molar-refractivity contribution in [2.45, 2.75) is 34.1 Å². The van der Waals surface area contributed by atoms with E-state index < -0.39 is 0 Å². The Labute approximate surface area is 158 Å². The van der Waals surface area contributed by atoms with E-state index in [-0.39, 0.29) is 12.3 Å². The number of carbonyl (C=O) groups is 1. The predicted octanol–water partition coefficient (Wildman–Crippen LogP) is 4.34. The monoisotopic (exact) mass is 368 g/mol. The van der Waals surface area contributed by atoms with E-state index >= 15 is 0 Å². The van der Waals surface area contributed by atoms with Crippen LogP contribution in [0.3, 0.4) is 0 Å². The SMILES string of the molecule is Cc1ccc(-n2nc(C)c(CC(=O)Nc3ncccc3C)c2C)cc1Cl. The highest BCUT2D eigenvalue weighted by atomic mass is 35.5. The first kappa shape index (κ1) is 18.1. The van der Waals surface area contributed by atoms with E-state index in [4.69, 9.17) is 11.6 Å². The maximum Gasteiger partial charge on any atom is 0.230 e. The van der Waals surface area contributed by atoms with Gasteiger partial charge < -0.3 is 5.32 Å². The summed E-state index contributed by atoms with van der Waals surface area (Å²) in [5, 5.41) is 8.16. The van der Waals surface area contributed by atoms with Gasteiger partial charge in [0.25, 0.3) is 0 Å². The second kappa shape index (κ2) is 7.30. The number of carbonyl (C=O) groups excluding carboxylic acids is 1. The Kier molecular flexibility index (Phi) is 5.09. The first-order valence-corrected chi connectivity index (χ1v) is 8.77. The van der Waals surface area contributed by atoms with Crippen molar-refractivity contribution < 1.29 is 4.79 Å². The number of hydrogen-bond donors (Lipinski definition) is 1. The highest BCUT2D eigenvalue weighted by Crippen LogP contribution is 2.23. The van der Waals surface area contributed by atoms with Crippen LogP contribution in [0.1, 0.15) is 28.1 Å². The van der Waals surface area contributed by atoms with E-state index in [2.05, 4.69) is 15.4 Å². The van der Waals surface area contributed by atoms with E-state index in [1.54, 1.807) is 6.20 Å². The number of aryl methyl sites for hydroxylation is 3. The quantitative estimate of drug-likeness (QED) is 0.745. The zero-order chi connectivity index (χ0) is 18.8. The number of anilines is 1. The number of amides is 1. The Bertz CT molecular complexity index is 978. The fourth-order valence-electron chi connectivity index (χ4n) is 2.85. The molecule has 1 amide bonds. The summed E-state index contributed by atoms with van der Waals surface area (Å²) < 4.78 is 1.83. The van der Waals surface area contributed by atoms with Crippen LogP contribution < -0.4 is 5.32 Å². The van der Waals surface area contributed by atoms with Crippen LogP contribution in [0.15, 0.2) is 36.5 Å². The lowest BCUT2D eigenvalue weighted by molar-refractivity contribution is -0.115. The summed E-state index contributed by atoms with van der Waals surface area (Å²) in [6, 6.07) is 9.58. The lowest BCUT2D eigenvalue weighted by Gasteiger charge is -2.08. The molecule has 0 aliphatic rings. The number of halogens is 1. The number of pyridine rings is 1. The molecule has 1 aromatic carbocycles. The minimum Gasteiger partial charge on any atom is -0.310 e. The molecule has 3 aromatic rings. The first-order chi connectivity index (χ1) is 12.4. The summed E-state index contributed by atoms with van der Waals surface area (Å²) in [7, 11) is 0. The molecule has 0 fully saturated rings. The smallest absolute Gasteiger partial charge is 0.230 e. The summed E-state index contributed by atoms with van der Waals surface area (Å²) in [5.74, 6) is 0.477. The maximum atomic E-state index is 12.5. The molecule has 3 rings (SSSR count). The van der Waals surface area contributed by atoms with Gasteiger partial charge in [0.05, 0.1) is 17.8 Å². The summed E-state index contributed by atoms with van der Waals surface area (Å²) >= 11 is 6.24. The number of nitrogens with zero attached hydrogens (tertiary/aromatic N) is 3. The van der Waals surface area contributed by atoms with Gasteiger partial charge in [0.15, 0.2) is 0 Å². The molecule has 6 heteroatoms. The van der Waals surface area contributed by atoms with E-state index in [9.17, 15) is 4.79 Å². The second-order valence-electron chi connectivity index (χ2n) is 6.39. The van der Waals surface area contributed by atoms with Crippen molar-refractivity contribution in [1.29, 1.82) is 0 Å². The number of benzene rings is 1. The van der Waals surface area contributed by atoms with Crippen LogP contribution in [0.4, 0.5) is 5.82 Å². The molecule has 26 heavy (non-hydrogen) atoms. The molecule has 0 saturated carbocycles. The summed E-state index contributed by atoms with van der Waals surface area (Å²) in [4.78, 5) is 16.7. The van der Waals surface area contributed by atoms with Gasteiger partial charge in [-0.1, -0.05) is 23.7 Å². The van der Waals surface area contributed by atoms with Crippen molar-refractivity contribution in [3.05, 3.63) is 69.6 Å². The molecule has 0 spiro atoms. The number of aromatic nitrogens is 3. The van der Waals surface area contributed by atoms with Gasteiger partial charge in [-0.2, -0.15) is 5.10 Å². The van der Waals surface area contributed by atoms with Crippen LogP contribution in [0.25, 0.3) is 5.69 Å². The lowest BCUT2D eigenvalue weighted by atomic mass is 10.1. The first-order valence-electron chi connectivity index (χ1n) is 8.40. The van der Waals surface area contributed by atoms with E-state index in [0.717, 1.165) is 33.8 Å². The highest BCUT2D eigenvalue weighted by Gasteiger charge is 2.17. The average Bonchev–Trinajstić information content (AvgIpc) is 2.87. The molecule has 2 heterocycles.